The molecule has 0 amide bonds. The van der Waals surface area contributed by atoms with E-state index < -0.39 is 5.63 Å². The van der Waals surface area contributed by atoms with Gasteiger partial charge in [0.1, 0.15) is 18.4 Å². The highest BCUT2D eigenvalue weighted by atomic mass is 16.5. The lowest BCUT2D eigenvalue weighted by atomic mass is 10.1. The topological polar surface area (TPSA) is 67.1 Å². The normalized spacial score (nSPS) is 12.1. The first-order chi connectivity index (χ1) is 7.67. The Balaban J connectivity index is 2.88. The zero-order chi connectivity index (χ0) is 12.0. The van der Waals surface area contributed by atoms with Gasteiger partial charge in [0, 0.05) is 12.5 Å². The Morgan fingerprint density at radius 3 is 3.00 bits per heavy atom. The summed E-state index contributed by atoms with van der Waals surface area (Å²) in [5, 5.41) is 0. The second-order valence-electron chi connectivity index (χ2n) is 3.60. The molecule has 0 aliphatic heterocycles. The minimum Gasteiger partial charge on any atom is -0.489 e. The Kier molecular flexibility index (Phi) is 4.79. The van der Waals surface area contributed by atoms with E-state index in [0.29, 0.717) is 18.1 Å². The van der Waals surface area contributed by atoms with Crippen LogP contribution in [-0.2, 0) is 0 Å². The van der Waals surface area contributed by atoms with Gasteiger partial charge in [0.05, 0.1) is 6.07 Å². The second-order valence-corrected chi connectivity index (χ2v) is 3.60. The van der Waals surface area contributed by atoms with Gasteiger partial charge in [0.15, 0.2) is 5.76 Å². The van der Waals surface area contributed by atoms with Crippen molar-refractivity contribution in [3.8, 4) is 5.75 Å². The molecule has 3 N–H and O–H groups in total. The van der Waals surface area contributed by atoms with Gasteiger partial charge >= 0.3 is 5.63 Å². The van der Waals surface area contributed by atoms with Crippen LogP contribution in [0.1, 0.15) is 31.6 Å². The summed E-state index contributed by atoms with van der Waals surface area (Å²) in [5.74, 6) is 1.09. The molecule has 1 aromatic rings. The first-order valence-corrected chi connectivity index (χ1v) is 5.39. The molecule has 0 aliphatic rings. The summed E-state index contributed by atoms with van der Waals surface area (Å²) in [5.41, 5.74) is 3.55. The van der Waals surface area contributed by atoms with E-state index in [1.807, 2.05) is 0 Å². The average molecular weight is 224 g/mol. The summed E-state index contributed by atoms with van der Waals surface area (Å²) in [4.78, 5) is 11.3. The fourth-order valence-electron chi connectivity index (χ4n) is 1.40. The Labute approximate surface area is 94.7 Å². The van der Waals surface area contributed by atoms with Crippen LogP contribution < -0.4 is 16.1 Å². The smallest absolute Gasteiger partial charge is 0.339 e. The molecule has 0 aliphatic carbocycles. The maximum atomic E-state index is 11.3. The number of hydrogen-bond acceptors (Lipinski definition) is 3. The molecular formula is C12H18NO3+. The maximum Gasteiger partial charge on any atom is 0.339 e. The van der Waals surface area contributed by atoms with Crippen LogP contribution in [0.25, 0.3) is 0 Å². The summed E-state index contributed by atoms with van der Waals surface area (Å²) in [6, 6.07) is 3.04. The average Bonchev–Trinajstić information content (AvgIpc) is 2.26. The zero-order valence-corrected chi connectivity index (χ0v) is 9.57. The highest BCUT2D eigenvalue weighted by Crippen LogP contribution is 2.17. The van der Waals surface area contributed by atoms with Gasteiger partial charge in [0.25, 0.3) is 0 Å². The van der Waals surface area contributed by atoms with Crippen LogP contribution in [0.4, 0.5) is 0 Å². The van der Waals surface area contributed by atoms with E-state index in [1.54, 1.807) is 12.1 Å². The molecule has 0 saturated heterocycles. The molecular weight excluding hydrogens is 206 g/mol. The third kappa shape index (κ3) is 3.55. The van der Waals surface area contributed by atoms with Gasteiger partial charge in [-0.05, 0) is 0 Å². The first-order valence-electron chi connectivity index (χ1n) is 5.39. The number of hydrogen-bond donors (Lipinski definition) is 1. The minimum atomic E-state index is -0.402. The lowest BCUT2D eigenvalue weighted by Crippen LogP contribution is -2.53. The third-order valence-electron chi connectivity index (χ3n) is 2.17. The van der Waals surface area contributed by atoms with Crippen LogP contribution in [0.3, 0.4) is 0 Å². The van der Waals surface area contributed by atoms with Crippen LogP contribution >= 0.6 is 0 Å². The van der Waals surface area contributed by atoms with Gasteiger partial charge in [-0.15, -0.1) is 0 Å². The van der Waals surface area contributed by atoms with Gasteiger partial charge in [-0.1, -0.05) is 26.0 Å². The third-order valence-corrected chi connectivity index (χ3v) is 2.17. The molecule has 0 spiro atoms. The highest BCUT2D eigenvalue weighted by Gasteiger charge is 2.13. The van der Waals surface area contributed by atoms with Gasteiger partial charge in [0.2, 0.25) is 0 Å². The van der Waals surface area contributed by atoms with Gasteiger partial charge in [-0.25, -0.2) is 4.79 Å². The molecule has 16 heavy (non-hydrogen) atoms. The van der Waals surface area contributed by atoms with Crippen molar-refractivity contribution < 1.29 is 14.9 Å². The largest absolute Gasteiger partial charge is 0.489 e. The van der Waals surface area contributed by atoms with Crippen molar-refractivity contribution in [2.45, 2.75) is 25.8 Å². The van der Waals surface area contributed by atoms with E-state index >= 15 is 0 Å². The van der Waals surface area contributed by atoms with E-state index in [1.165, 1.54) is 6.07 Å². The molecule has 1 aromatic heterocycles. The number of ether oxygens (including phenoxy) is 1. The summed E-state index contributed by atoms with van der Waals surface area (Å²) in [6.07, 6.45) is 3.51. The standard InChI is InChI=1S/C12H17NO3/c1-3-5-10(13)11-7-9(15-6-4-2)8-12(14)16-11/h4,7-8,10H,2-3,5-6,13H2,1H3/p+1/t10-/m1/s1. The Hall–Kier alpha value is -1.55. The molecule has 0 bridgehead atoms. The van der Waals surface area contributed by atoms with E-state index in [9.17, 15) is 4.79 Å². The molecule has 0 aromatic carbocycles. The second kappa shape index (κ2) is 6.12. The fourth-order valence-corrected chi connectivity index (χ4v) is 1.40. The molecule has 0 saturated carbocycles. The highest BCUT2D eigenvalue weighted by molar-refractivity contribution is 5.21. The lowest BCUT2D eigenvalue weighted by molar-refractivity contribution is -0.432. The number of rotatable bonds is 6. The van der Waals surface area contributed by atoms with Gasteiger partial charge < -0.3 is 14.9 Å². The Morgan fingerprint density at radius 2 is 2.38 bits per heavy atom. The molecule has 0 radical (unpaired) electrons. The molecule has 88 valence electrons. The van der Waals surface area contributed by atoms with Crippen LogP contribution in [0.2, 0.25) is 0 Å². The van der Waals surface area contributed by atoms with E-state index in [-0.39, 0.29) is 6.04 Å². The summed E-state index contributed by atoms with van der Waals surface area (Å²) in [6.45, 7) is 5.98. The molecule has 1 heterocycles. The van der Waals surface area contributed by atoms with Crippen LogP contribution in [0.5, 0.6) is 5.75 Å². The Bertz CT molecular complexity index is 397. The van der Waals surface area contributed by atoms with E-state index in [4.69, 9.17) is 9.15 Å². The van der Waals surface area contributed by atoms with Crippen molar-refractivity contribution in [1.29, 1.82) is 0 Å². The van der Waals surface area contributed by atoms with E-state index in [0.717, 1.165) is 12.8 Å². The SMILES string of the molecule is C=CCOc1cc([C@H]([NH3+])CCC)oc(=O)c1. The van der Waals surface area contributed by atoms with Crippen molar-refractivity contribution in [1.82, 2.24) is 0 Å². The molecule has 1 atom stereocenters. The minimum absolute atomic E-state index is 0.00928. The zero-order valence-electron chi connectivity index (χ0n) is 9.57. The van der Waals surface area contributed by atoms with Crippen molar-refractivity contribution in [2.75, 3.05) is 6.61 Å². The van der Waals surface area contributed by atoms with Crippen molar-refractivity contribution >= 4 is 0 Å². The summed E-state index contributed by atoms with van der Waals surface area (Å²) >= 11 is 0. The predicted octanol–water partition coefficient (Wildman–Crippen LogP) is 1.29. The molecule has 4 nitrogen and oxygen atoms in total. The van der Waals surface area contributed by atoms with Gasteiger partial charge in [-0.2, -0.15) is 0 Å². The number of quaternary nitrogens is 1. The van der Waals surface area contributed by atoms with E-state index in [2.05, 4.69) is 19.2 Å². The van der Waals surface area contributed by atoms with Crippen molar-refractivity contribution in [2.24, 2.45) is 0 Å². The summed E-state index contributed by atoms with van der Waals surface area (Å²) < 4.78 is 10.4. The van der Waals surface area contributed by atoms with Crippen LogP contribution in [0.15, 0.2) is 34.0 Å². The molecule has 4 heteroatoms. The van der Waals surface area contributed by atoms with Crippen LogP contribution in [-0.4, -0.2) is 6.61 Å². The molecule has 0 fully saturated rings. The molecule has 0 unspecified atom stereocenters. The Morgan fingerprint density at radius 1 is 1.62 bits per heavy atom. The molecule has 1 rings (SSSR count). The van der Waals surface area contributed by atoms with Gasteiger partial charge in [-0.3, -0.25) is 0 Å². The predicted molar refractivity (Wildman–Crippen MR) is 61.2 cm³/mol. The summed E-state index contributed by atoms with van der Waals surface area (Å²) in [7, 11) is 0. The fraction of sp³-hybridized carbons (Fsp3) is 0.417. The van der Waals surface area contributed by atoms with Crippen LogP contribution in [0, 0.1) is 0 Å². The van der Waals surface area contributed by atoms with Crippen molar-refractivity contribution in [3.05, 3.63) is 41.0 Å². The first kappa shape index (κ1) is 12.5. The lowest BCUT2D eigenvalue weighted by Gasteiger charge is -2.07. The quantitative estimate of drug-likeness (QED) is 0.740. The maximum absolute atomic E-state index is 11.3. The van der Waals surface area contributed by atoms with Crippen molar-refractivity contribution in [3.63, 3.8) is 0 Å². The monoisotopic (exact) mass is 224 g/mol.